The van der Waals surface area contributed by atoms with Gasteiger partial charge in [-0.1, -0.05) is 13.0 Å². The highest BCUT2D eigenvalue weighted by Gasteiger charge is 2.17. The molecule has 17 heavy (non-hydrogen) atoms. The lowest BCUT2D eigenvalue weighted by Crippen LogP contribution is -2.27. The van der Waals surface area contributed by atoms with Crippen molar-refractivity contribution in [2.45, 2.75) is 12.8 Å². The minimum atomic E-state index is 0.285. The van der Waals surface area contributed by atoms with Crippen LogP contribution in [-0.4, -0.2) is 27.3 Å². The van der Waals surface area contributed by atoms with Crippen molar-refractivity contribution in [1.29, 1.82) is 0 Å². The Labute approximate surface area is 103 Å². The van der Waals surface area contributed by atoms with E-state index in [0.717, 1.165) is 11.5 Å². The van der Waals surface area contributed by atoms with Crippen LogP contribution in [0, 0.1) is 5.92 Å². The van der Waals surface area contributed by atoms with E-state index in [4.69, 9.17) is 20.9 Å². The summed E-state index contributed by atoms with van der Waals surface area (Å²) in [5.74, 6) is 2.07. The van der Waals surface area contributed by atoms with E-state index >= 15 is 0 Å². The number of hydrogen-bond acceptors (Lipinski definition) is 4. The van der Waals surface area contributed by atoms with Gasteiger partial charge in [0, 0.05) is 0 Å². The Morgan fingerprint density at radius 2 is 1.65 bits per heavy atom. The van der Waals surface area contributed by atoms with E-state index in [-0.39, 0.29) is 5.92 Å². The van der Waals surface area contributed by atoms with Crippen molar-refractivity contribution < 1.29 is 9.47 Å². The van der Waals surface area contributed by atoms with Crippen molar-refractivity contribution in [2.75, 3.05) is 27.3 Å². The monoisotopic (exact) mass is 238 g/mol. The van der Waals surface area contributed by atoms with Crippen molar-refractivity contribution in [3.8, 4) is 11.5 Å². The summed E-state index contributed by atoms with van der Waals surface area (Å²) in [7, 11) is 3.26. The maximum Gasteiger partial charge on any atom is 0.160 e. The number of methoxy groups -OCH3 is 2. The predicted octanol–water partition coefficient (Wildman–Crippen LogP) is 1.34. The van der Waals surface area contributed by atoms with Gasteiger partial charge in [0.2, 0.25) is 0 Å². The molecule has 0 amide bonds. The van der Waals surface area contributed by atoms with Gasteiger partial charge in [0.1, 0.15) is 0 Å². The minimum Gasteiger partial charge on any atom is -0.493 e. The van der Waals surface area contributed by atoms with Gasteiger partial charge in [0.05, 0.1) is 14.2 Å². The van der Waals surface area contributed by atoms with Crippen molar-refractivity contribution in [3.05, 3.63) is 23.8 Å². The van der Waals surface area contributed by atoms with Gasteiger partial charge in [-0.15, -0.1) is 0 Å². The van der Waals surface area contributed by atoms with Gasteiger partial charge < -0.3 is 20.9 Å². The zero-order chi connectivity index (χ0) is 12.8. The van der Waals surface area contributed by atoms with Crippen LogP contribution in [0.5, 0.6) is 11.5 Å². The van der Waals surface area contributed by atoms with E-state index < -0.39 is 0 Å². The first-order valence-electron chi connectivity index (χ1n) is 5.80. The number of nitrogens with two attached hydrogens (primary N) is 2. The average molecular weight is 238 g/mol. The smallest absolute Gasteiger partial charge is 0.160 e. The predicted molar refractivity (Wildman–Crippen MR) is 69.6 cm³/mol. The maximum atomic E-state index is 5.71. The fraction of sp³-hybridized carbons (Fsp3) is 0.538. The second-order valence-electron chi connectivity index (χ2n) is 4.13. The summed E-state index contributed by atoms with van der Waals surface area (Å²) >= 11 is 0. The van der Waals surface area contributed by atoms with Crippen LogP contribution < -0.4 is 20.9 Å². The summed E-state index contributed by atoms with van der Waals surface area (Å²) in [6.45, 7) is 3.31. The van der Waals surface area contributed by atoms with Crippen molar-refractivity contribution in [3.63, 3.8) is 0 Å². The molecular weight excluding hydrogens is 216 g/mol. The van der Waals surface area contributed by atoms with E-state index in [0.29, 0.717) is 19.0 Å². The van der Waals surface area contributed by atoms with Crippen LogP contribution in [-0.2, 0) is 0 Å². The van der Waals surface area contributed by atoms with Gasteiger partial charge in [0.25, 0.3) is 0 Å². The summed E-state index contributed by atoms with van der Waals surface area (Å²) in [5, 5.41) is 0. The Morgan fingerprint density at radius 1 is 1.06 bits per heavy atom. The largest absolute Gasteiger partial charge is 0.493 e. The fourth-order valence-electron chi connectivity index (χ4n) is 1.91. The van der Waals surface area contributed by atoms with Crippen LogP contribution in [0.1, 0.15) is 18.4 Å². The van der Waals surface area contributed by atoms with Crippen LogP contribution in [0.3, 0.4) is 0 Å². The van der Waals surface area contributed by atoms with Crippen LogP contribution in [0.2, 0.25) is 0 Å². The molecule has 0 radical (unpaired) electrons. The van der Waals surface area contributed by atoms with E-state index in [1.54, 1.807) is 14.2 Å². The molecule has 0 aliphatic heterocycles. The third kappa shape index (κ3) is 3.11. The van der Waals surface area contributed by atoms with Gasteiger partial charge in [-0.05, 0) is 42.6 Å². The Kier molecular flexibility index (Phi) is 5.25. The molecule has 1 aromatic rings. The van der Waals surface area contributed by atoms with E-state index in [2.05, 4.69) is 6.92 Å². The van der Waals surface area contributed by atoms with Crippen molar-refractivity contribution >= 4 is 0 Å². The molecule has 4 N–H and O–H groups in total. The quantitative estimate of drug-likeness (QED) is 0.784. The fourth-order valence-corrected chi connectivity index (χ4v) is 1.91. The third-order valence-electron chi connectivity index (χ3n) is 3.25. The molecule has 0 fully saturated rings. The van der Waals surface area contributed by atoms with Crippen molar-refractivity contribution in [2.24, 2.45) is 17.4 Å². The van der Waals surface area contributed by atoms with Gasteiger partial charge in [-0.3, -0.25) is 0 Å². The molecule has 0 aromatic heterocycles. The SMILES string of the molecule is COc1ccc(C(C)C(CN)CN)cc1OC. The molecule has 96 valence electrons. The lowest BCUT2D eigenvalue weighted by molar-refractivity contribution is 0.353. The molecule has 0 bridgehead atoms. The third-order valence-corrected chi connectivity index (χ3v) is 3.25. The van der Waals surface area contributed by atoms with Crippen LogP contribution >= 0.6 is 0 Å². The molecule has 0 saturated carbocycles. The lowest BCUT2D eigenvalue weighted by atomic mass is 9.87. The molecular formula is C13H22N2O2. The molecule has 0 aliphatic carbocycles. The number of ether oxygens (including phenoxy) is 2. The summed E-state index contributed by atoms with van der Waals surface area (Å²) in [4.78, 5) is 0. The minimum absolute atomic E-state index is 0.285. The van der Waals surface area contributed by atoms with Crippen LogP contribution in [0.4, 0.5) is 0 Å². The Balaban J connectivity index is 2.98. The molecule has 4 heteroatoms. The first-order valence-corrected chi connectivity index (χ1v) is 5.80. The molecule has 0 aliphatic rings. The van der Waals surface area contributed by atoms with Crippen LogP contribution in [0.25, 0.3) is 0 Å². The summed E-state index contributed by atoms with van der Waals surface area (Å²) < 4.78 is 10.5. The normalized spacial score (nSPS) is 12.6. The van der Waals surface area contributed by atoms with E-state index in [1.165, 1.54) is 5.56 Å². The van der Waals surface area contributed by atoms with Gasteiger partial charge in [0.15, 0.2) is 11.5 Å². The molecule has 0 spiro atoms. The van der Waals surface area contributed by atoms with E-state index in [9.17, 15) is 0 Å². The maximum absolute atomic E-state index is 5.71. The molecule has 1 aromatic carbocycles. The first kappa shape index (κ1) is 13.8. The molecule has 1 unspecified atom stereocenters. The number of hydrogen-bond donors (Lipinski definition) is 2. The number of rotatable bonds is 6. The van der Waals surface area contributed by atoms with Gasteiger partial charge in [-0.25, -0.2) is 0 Å². The van der Waals surface area contributed by atoms with Gasteiger partial charge >= 0.3 is 0 Å². The molecule has 1 rings (SSSR count). The molecule has 0 heterocycles. The Bertz CT molecular complexity index is 351. The summed E-state index contributed by atoms with van der Waals surface area (Å²) in [6.07, 6.45) is 0. The lowest BCUT2D eigenvalue weighted by Gasteiger charge is -2.22. The Hall–Kier alpha value is -1.26. The summed E-state index contributed by atoms with van der Waals surface area (Å²) in [6, 6.07) is 5.93. The van der Waals surface area contributed by atoms with Crippen LogP contribution in [0.15, 0.2) is 18.2 Å². The average Bonchev–Trinajstić information content (AvgIpc) is 2.39. The molecule has 1 atom stereocenters. The van der Waals surface area contributed by atoms with E-state index in [1.807, 2.05) is 18.2 Å². The Morgan fingerprint density at radius 3 is 2.12 bits per heavy atom. The number of benzene rings is 1. The topological polar surface area (TPSA) is 70.5 Å². The first-order chi connectivity index (χ1) is 8.17. The highest BCUT2D eigenvalue weighted by Crippen LogP contribution is 2.32. The van der Waals surface area contributed by atoms with Crippen molar-refractivity contribution in [1.82, 2.24) is 0 Å². The summed E-state index contributed by atoms with van der Waals surface area (Å²) in [5.41, 5.74) is 12.6. The molecule has 0 saturated heterocycles. The highest BCUT2D eigenvalue weighted by molar-refractivity contribution is 5.43. The molecule has 4 nitrogen and oxygen atoms in total. The standard InChI is InChI=1S/C13H22N2O2/c1-9(11(7-14)8-15)10-4-5-12(16-2)13(6-10)17-3/h4-6,9,11H,7-8,14-15H2,1-3H3. The second kappa shape index (κ2) is 6.47. The highest BCUT2D eigenvalue weighted by atomic mass is 16.5. The zero-order valence-corrected chi connectivity index (χ0v) is 10.8. The second-order valence-corrected chi connectivity index (χ2v) is 4.13. The van der Waals surface area contributed by atoms with Gasteiger partial charge in [-0.2, -0.15) is 0 Å². The zero-order valence-electron chi connectivity index (χ0n) is 10.8.